The molecule has 1 aliphatic carbocycles. The van der Waals surface area contributed by atoms with Crippen molar-refractivity contribution in [3.63, 3.8) is 0 Å². The molecule has 5 rings (SSSR count). The van der Waals surface area contributed by atoms with E-state index in [0.29, 0.717) is 5.92 Å². The van der Waals surface area contributed by atoms with Crippen LogP contribution in [0.3, 0.4) is 0 Å². The summed E-state index contributed by atoms with van der Waals surface area (Å²) in [5.41, 5.74) is 17.5. The average molecular weight is 515 g/mol. The maximum atomic E-state index is 5.91. The molecule has 0 amide bonds. The third kappa shape index (κ3) is 6.63. The molecule has 2 nitrogen and oxygen atoms in total. The molecular formula is C37H42N2. The van der Waals surface area contributed by atoms with Gasteiger partial charge in [0.15, 0.2) is 0 Å². The van der Waals surface area contributed by atoms with Gasteiger partial charge in [-0.15, -0.1) is 0 Å². The molecule has 39 heavy (non-hydrogen) atoms. The van der Waals surface area contributed by atoms with Gasteiger partial charge in [-0.25, -0.2) is 0 Å². The zero-order valence-electron chi connectivity index (χ0n) is 23.6. The van der Waals surface area contributed by atoms with Gasteiger partial charge in [0.25, 0.3) is 0 Å². The Morgan fingerprint density at radius 1 is 0.872 bits per heavy atom. The summed E-state index contributed by atoms with van der Waals surface area (Å²) < 4.78 is 2.36. The number of rotatable bonds is 11. The SMILES string of the molecule is C=C(C)C(C)CCCCCc1cn(-c2ccc(-c3ccc(CC4=CC=C(N)CC4)cc3)cc2)c2ccccc12. The Morgan fingerprint density at radius 3 is 2.28 bits per heavy atom. The van der Waals surface area contributed by atoms with Crippen molar-refractivity contribution < 1.29 is 0 Å². The topological polar surface area (TPSA) is 30.9 Å². The number of hydrogen-bond acceptors (Lipinski definition) is 1. The van der Waals surface area contributed by atoms with E-state index in [9.17, 15) is 0 Å². The van der Waals surface area contributed by atoms with E-state index in [2.05, 4.69) is 116 Å². The Balaban J connectivity index is 1.26. The van der Waals surface area contributed by atoms with Crippen molar-refractivity contribution in [3.8, 4) is 16.8 Å². The molecule has 2 N–H and O–H groups in total. The van der Waals surface area contributed by atoms with Gasteiger partial charge in [0.2, 0.25) is 0 Å². The maximum absolute atomic E-state index is 5.91. The summed E-state index contributed by atoms with van der Waals surface area (Å²) in [6, 6.07) is 26.8. The fourth-order valence-corrected chi connectivity index (χ4v) is 5.59. The van der Waals surface area contributed by atoms with E-state index in [1.165, 1.54) is 75.7 Å². The van der Waals surface area contributed by atoms with Crippen LogP contribution in [0.2, 0.25) is 0 Å². The number of aromatic nitrogens is 1. The molecule has 0 fully saturated rings. The molecular weight excluding hydrogens is 472 g/mol. The van der Waals surface area contributed by atoms with Crippen LogP contribution < -0.4 is 5.73 Å². The number of para-hydroxylation sites is 1. The van der Waals surface area contributed by atoms with Crippen LogP contribution in [0, 0.1) is 5.92 Å². The van der Waals surface area contributed by atoms with E-state index in [0.717, 1.165) is 31.4 Å². The van der Waals surface area contributed by atoms with E-state index >= 15 is 0 Å². The third-order valence-corrected chi connectivity index (χ3v) is 8.35. The van der Waals surface area contributed by atoms with Gasteiger partial charge in [-0.3, -0.25) is 0 Å². The molecule has 0 spiro atoms. The first-order valence-electron chi connectivity index (χ1n) is 14.6. The monoisotopic (exact) mass is 514 g/mol. The number of unbranched alkanes of at least 4 members (excludes halogenated alkanes) is 2. The van der Waals surface area contributed by atoms with E-state index in [1.807, 2.05) is 0 Å². The quantitative estimate of drug-likeness (QED) is 0.157. The smallest absolute Gasteiger partial charge is 0.0531 e. The molecule has 4 aromatic rings. The number of nitrogens with zero attached hydrogens (tertiary/aromatic N) is 1. The van der Waals surface area contributed by atoms with Gasteiger partial charge in [-0.05, 0) is 97.9 Å². The van der Waals surface area contributed by atoms with E-state index in [-0.39, 0.29) is 0 Å². The standard InChI is InChI=1S/C37H42N2/c1-27(2)28(3)9-5-4-6-10-33-26-39(37-12-8-7-11-36(33)37)35-23-19-32(20-24-35)31-17-13-29(14-18-31)25-30-15-21-34(38)22-16-30/h7-8,11-15,17-21,23-24,26,28H,1,4-6,9-10,16,22,25,38H2,2-3H3. The summed E-state index contributed by atoms with van der Waals surface area (Å²) in [5.74, 6) is 0.630. The first-order valence-corrected chi connectivity index (χ1v) is 14.6. The predicted octanol–water partition coefficient (Wildman–Crippen LogP) is 9.72. The van der Waals surface area contributed by atoms with Gasteiger partial charge in [0.05, 0.1) is 5.52 Å². The number of hydrogen-bond donors (Lipinski definition) is 1. The lowest BCUT2D eigenvalue weighted by atomic mass is 9.95. The first-order chi connectivity index (χ1) is 19.0. The molecule has 0 saturated carbocycles. The van der Waals surface area contributed by atoms with Crippen LogP contribution in [-0.2, 0) is 12.8 Å². The van der Waals surface area contributed by atoms with Crippen molar-refractivity contribution in [2.24, 2.45) is 11.7 Å². The molecule has 2 heteroatoms. The van der Waals surface area contributed by atoms with Crippen molar-refractivity contribution in [3.05, 3.63) is 126 Å². The molecule has 0 bridgehead atoms. The molecule has 1 atom stereocenters. The van der Waals surface area contributed by atoms with Gasteiger partial charge < -0.3 is 10.3 Å². The molecule has 0 aliphatic heterocycles. The molecule has 0 saturated heterocycles. The summed E-state index contributed by atoms with van der Waals surface area (Å²) in [7, 11) is 0. The summed E-state index contributed by atoms with van der Waals surface area (Å²) in [6.07, 6.45) is 15.8. The normalized spacial score (nSPS) is 14.2. The summed E-state index contributed by atoms with van der Waals surface area (Å²) in [6.45, 7) is 8.55. The van der Waals surface area contributed by atoms with Crippen LogP contribution >= 0.6 is 0 Å². The highest BCUT2D eigenvalue weighted by atomic mass is 15.0. The minimum absolute atomic E-state index is 0.630. The maximum Gasteiger partial charge on any atom is 0.0531 e. The Morgan fingerprint density at radius 2 is 1.59 bits per heavy atom. The zero-order chi connectivity index (χ0) is 27.2. The van der Waals surface area contributed by atoms with Crippen molar-refractivity contribution >= 4 is 10.9 Å². The van der Waals surface area contributed by atoms with Crippen molar-refractivity contribution in [2.75, 3.05) is 0 Å². The molecule has 1 aromatic heterocycles. The zero-order valence-corrected chi connectivity index (χ0v) is 23.6. The molecule has 1 aliphatic rings. The molecule has 200 valence electrons. The predicted molar refractivity (Wildman–Crippen MR) is 168 cm³/mol. The Bertz CT molecular complexity index is 1480. The summed E-state index contributed by atoms with van der Waals surface area (Å²) in [5, 5.41) is 1.37. The fourth-order valence-electron chi connectivity index (χ4n) is 5.59. The van der Waals surface area contributed by atoms with Gasteiger partial charge in [0.1, 0.15) is 0 Å². The second kappa shape index (κ2) is 12.4. The minimum atomic E-state index is 0.630. The van der Waals surface area contributed by atoms with Gasteiger partial charge in [0, 0.05) is 23.0 Å². The molecule has 1 unspecified atom stereocenters. The number of benzene rings is 3. The highest BCUT2D eigenvalue weighted by Crippen LogP contribution is 2.29. The second-order valence-corrected chi connectivity index (χ2v) is 11.4. The van der Waals surface area contributed by atoms with Crippen LogP contribution in [0.1, 0.15) is 63.5 Å². The lowest BCUT2D eigenvalue weighted by molar-refractivity contribution is 0.546. The van der Waals surface area contributed by atoms with Crippen LogP contribution in [0.5, 0.6) is 0 Å². The average Bonchev–Trinajstić information content (AvgIpc) is 3.33. The van der Waals surface area contributed by atoms with Gasteiger partial charge in [-0.2, -0.15) is 0 Å². The molecule has 1 heterocycles. The Hall–Kier alpha value is -3.78. The van der Waals surface area contributed by atoms with Crippen molar-refractivity contribution in [1.82, 2.24) is 4.57 Å². The largest absolute Gasteiger partial charge is 0.402 e. The highest BCUT2D eigenvalue weighted by Gasteiger charge is 2.11. The number of aryl methyl sites for hydroxylation is 1. The van der Waals surface area contributed by atoms with Crippen molar-refractivity contribution in [1.29, 1.82) is 0 Å². The van der Waals surface area contributed by atoms with Crippen molar-refractivity contribution in [2.45, 2.75) is 65.2 Å². The summed E-state index contributed by atoms with van der Waals surface area (Å²) in [4.78, 5) is 0. The van der Waals surface area contributed by atoms with Gasteiger partial charge in [-0.1, -0.05) is 98.2 Å². The van der Waals surface area contributed by atoms with Gasteiger partial charge >= 0.3 is 0 Å². The highest BCUT2D eigenvalue weighted by molar-refractivity contribution is 5.85. The minimum Gasteiger partial charge on any atom is -0.402 e. The number of fused-ring (bicyclic) bond motifs is 1. The third-order valence-electron chi connectivity index (χ3n) is 8.35. The second-order valence-electron chi connectivity index (χ2n) is 11.4. The molecule has 3 aromatic carbocycles. The number of nitrogens with two attached hydrogens (primary N) is 1. The van der Waals surface area contributed by atoms with Crippen LogP contribution in [0.4, 0.5) is 0 Å². The van der Waals surface area contributed by atoms with Crippen LogP contribution in [-0.4, -0.2) is 4.57 Å². The lowest BCUT2D eigenvalue weighted by Gasteiger charge is -2.12. The lowest BCUT2D eigenvalue weighted by Crippen LogP contribution is -2.03. The van der Waals surface area contributed by atoms with Crippen LogP contribution in [0.25, 0.3) is 27.7 Å². The Labute approximate surface area is 234 Å². The van der Waals surface area contributed by atoms with E-state index in [1.54, 1.807) is 0 Å². The first kappa shape index (κ1) is 26.8. The molecule has 0 radical (unpaired) electrons. The van der Waals surface area contributed by atoms with E-state index < -0.39 is 0 Å². The number of allylic oxidation sites excluding steroid dienone is 5. The van der Waals surface area contributed by atoms with E-state index in [4.69, 9.17) is 5.73 Å². The van der Waals surface area contributed by atoms with Crippen LogP contribution in [0.15, 0.2) is 115 Å². The fraction of sp³-hybridized carbons (Fsp3) is 0.297. The summed E-state index contributed by atoms with van der Waals surface area (Å²) >= 11 is 0. The Kier molecular flexibility index (Phi) is 8.51.